The number of nitrogens with zero attached hydrogens (tertiary/aromatic N) is 4. The Labute approximate surface area is 179 Å². The van der Waals surface area contributed by atoms with Crippen LogP contribution in [0.15, 0.2) is 72.1 Å². The molecule has 0 spiro atoms. The first kappa shape index (κ1) is 20.3. The number of nitro benzene ring substituents is 1. The number of rotatable bonds is 7. The van der Waals surface area contributed by atoms with E-state index in [0.29, 0.717) is 17.9 Å². The normalized spacial score (nSPS) is 15.1. The molecule has 9 heteroatoms. The lowest BCUT2D eigenvalue weighted by atomic mass is 9.95. The maximum absolute atomic E-state index is 11.1. The predicted octanol–water partition coefficient (Wildman–Crippen LogP) is 3.51. The lowest BCUT2D eigenvalue weighted by Gasteiger charge is -2.34. The van der Waals surface area contributed by atoms with E-state index >= 15 is 0 Å². The number of ether oxygens (including phenoxy) is 1. The van der Waals surface area contributed by atoms with Gasteiger partial charge >= 0.3 is 0 Å². The summed E-state index contributed by atoms with van der Waals surface area (Å²) < 4.78 is 5.33. The van der Waals surface area contributed by atoms with Gasteiger partial charge in [0.1, 0.15) is 11.9 Å². The van der Waals surface area contributed by atoms with Crippen molar-refractivity contribution in [2.75, 3.05) is 19.6 Å². The van der Waals surface area contributed by atoms with Crippen molar-refractivity contribution in [3.8, 4) is 5.75 Å². The average molecular weight is 418 g/mol. The summed E-state index contributed by atoms with van der Waals surface area (Å²) in [6, 6.07) is 16.4. The van der Waals surface area contributed by atoms with Crippen LogP contribution in [0.1, 0.15) is 22.9 Å². The highest BCUT2D eigenvalue weighted by Crippen LogP contribution is 2.31. The van der Waals surface area contributed by atoms with Crippen molar-refractivity contribution >= 4 is 17.1 Å². The van der Waals surface area contributed by atoms with E-state index in [-0.39, 0.29) is 11.9 Å². The molecule has 2 aromatic carbocycles. The van der Waals surface area contributed by atoms with Crippen molar-refractivity contribution in [2.45, 2.75) is 12.6 Å². The number of hydrogen-bond acceptors (Lipinski definition) is 8. The van der Waals surface area contributed by atoms with E-state index in [9.17, 15) is 10.1 Å². The van der Waals surface area contributed by atoms with Gasteiger partial charge < -0.3 is 10.2 Å². The molecule has 4 rings (SSSR count). The summed E-state index contributed by atoms with van der Waals surface area (Å²) in [5, 5.41) is 17.8. The molecular formula is C22H22N6O3. The first-order valence-electron chi connectivity index (χ1n) is 9.69. The minimum Gasteiger partial charge on any atom is -0.495 e. The Morgan fingerprint density at radius 1 is 1.16 bits per heavy atom. The number of nitrogens with one attached hydrogen (secondary N) is 2. The van der Waals surface area contributed by atoms with Crippen molar-refractivity contribution in [1.82, 2.24) is 15.4 Å². The van der Waals surface area contributed by atoms with E-state index in [1.54, 1.807) is 18.5 Å². The topological polar surface area (TPSA) is 105 Å². The highest BCUT2D eigenvalue weighted by atomic mass is 16.6. The van der Waals surface area contributed by atoms with Crippen LogP contribution >= 0.6 is 0 Å². The lowest BCUT2D eigenvalue weighted by Crippen LogP contribution is -2.40. The zero-order chi connectivity index (χ0) is 21.8. The third-order valence-electron chi connectivity index (χ3n) is 5.08. The van der Waals surface area contributed by atoms with Crippen LogP contribution in [0.5, 0.6) is 5.75 Å². The Morgan fingerprint density at radius 2 is 1.94 bits per heavy atom. The fourth-order valence-corrected chi connectivity index (χ4v) is 3.55. The Bertz CT molecular complexity index is 1120. The van der Waals surface area contributed by atoms with Crippen LogP contribution in [0.2, 0.25) is 0 Å². The zero-order valence-corrected chi connectivity index (χ0v) is 17.1. The summed E-state index contributed by atoms with van der Waals surface area (Å²) in [4.78, 5) is 14.8. The zero-order valence-electron chi connectivity index (χ0n) is 17.1. The summed E-state index contributed by atoms with van der Waals surface area (Å²) in [6.07, 6.45) is 3.94. The standard InChI is InChI=1S/C22H22N6O3/c1-27-22(25-24-20-14-16(28(29)30)7-8-21(20)31-2)18-6-4-3-5-17(18)19(26-27)13-15-9-11-23-12-10-15/h3-12,14,22,24-25H,13H2,1-2H3. The summed E-state index contributed by atoms with van der Waals surface area (Å²) in [7, 11) is 3.40. The fraction of sp³-hybridized carbons (Fsp3) is 0.182. The number of anilines is 1. The number of hydrazine groups is 1. The molecule has 0 saturated carbocycles. The van der Waals surface area contributed by atoms with Crippen LogP contribution < -0.4 is 15.6 Å². The summed E-state index contributed by atoms with van der Waals surface area (Å²) in [5.41, 5.74) is 10.9. The molecule has 9 nitrogen and oxygen atoms in total. The number of nitro groups is 1. The second kappa shape index (κ2) is 8.80. The molecule has 0 radical (unpaired) electrons. The van der Waals surface area contributed by atoms with Crippen LogP contribution in [0, 0.1) is 10.1 Å². The molecule has 3 aromatic rings. The molecule has 2 N–H and O–H groups in total. The first-order valence-corrected chi connectivity index (χ1v) is 9.69. The molecule has 1 aliphatic heterocycles. The van der Waals surface area contributed by atoms with Gasteiger partial charge in [-0.3, -0.25) is 20.1 Å². The third-order valence-corrected chi connectivity index (χ3v) is 5.08. The molecule has 1 aliphatic rings. The van der Waals surface area contributed by atoms with Crippen molar-refractivity contribution in [2.24, 2.45) is 5.10 Å². The van der Waals surface area contributed by atoms with Gasteiger partial charge in [0, 0.05) is 49.1 Å². The highest BCUT2D eigenvalue weighted by molar-refractivity contribution is 6.03. The predicted molar refractivity (Wildman–Crippen MR) is 118 cm³/mol. The van der Waals surface area contributed by atoms with E-state index in [2.05, 4.69) is 15.8 Å². The van der Waals surface area contributed by atoms with Gasteiger partial charge in [0.05, 0.1) is 23.4 Å². The number of fused-ring (bicyclic) bond motifs is 1. The van der Waals surface area contributed by atoms with E-state index in [4.69, 9.17) is 9.84 Å². The largest absolute Gasteiger partial charge is 0.495 e. The maximum Gasteiger partial charge on any atom is 0.271 e. The van der Waals surface area contributed by atoms with Gasteiger partial charge in [-0.05, 0) is 23.8 Å². The molecular weight excluding hydrogens is 396 g/mol. The Morgan fingerprint density at radius 3 is 2.68 bits per heavy atom. The van der Waals surface area contributed by atoms with E-state index in [1.807, 2.05) is 48.5 Å². The molecule has 2 heterocycles. The summed E-state index contributed by atoms with van der Waals surface area (Å²) in [6.45, 7) is 0. The smallest absolute Gasteiger partial charge is 0.271 e. The lowest BCUT2D eigenvalue weighted by molar-refractivity contribution is -0.384. The van der Waals surface area contributed by atoms with Gasteiger partial charge in [0.25, 0.3) is 5.69 Å². The molecule has 1 atom stereocenters. The average Bonchev–Trinajstić information content (AvgIpc) is 2.79. The van der Waals surface area contributed by atoms with Crippen LogP contribution in [-0.4, -0.2) is 34.8 Å². The van der Waals surface area contributed by atoms with Gasteiger partial charge in [0.2, 0.25) is 0 Å². The quantitative estimate of drug-likeness (QED) is 0.447. The maximum atomic E-state index is 11.1. The second-order valence-corrected chi connectivity index (χ2v) is 7.05. The van der Waals surface area contributed by atoms with Gasteiger partial charge in [-0.1, -0.05) is 24.3 Å². The fourth-order valence-electron chi connectivity index (χ4n) is 3.55. The second-order valence-electron chi connectivity index (χ2n) is 7.05. The van der Waals surface area contributed by atoms with Crippen LogP contribution in [-0.2, 0) is 6.42 Å². The summed E-state index contributed by atoms with van der Waals surface area (Å²) in [5.74, 6) is 0.492. The van der Waals surface area contributed by atoms with Crippen LogP contribution in [0.25, 0.3) is 0 Å². The number of non-ortho nitro benzene ring substituents is 1. The van der Waals surface area contributed by atoms with Gasteiger partial charge in [0.15, 0.2) is 0 Å². The number of hydrazone groups is 1. The molecule has 1 unspecified atom stereocenters. The molecule has 158 valence electrons. The number of pyridine rings is 1. The number of benzene rings is 2. The number of methoxy groups -OCH3 is 1. The van der Waals surface area contributed by atoms with Crippen molar-refractivity contribution in [3.05, 3.63) is 93.8 Å². The van der Waals surface area contributed by atoms with E-state index in [1.165, 1.54) is 19.2 Å². The molecule has 0 aliphatic carbocycles. The molecule has 31 heavy (non-hydrogen) atoms. The minimum atomic E-state index is -0.442. The highest BCUT2D eigenvalue weighted by Gasteiger charge is 2.26. The Balaban J connectivity index is 1.59. The van der Waals surface area contributed by atoms with E-state index in [0.717, 1.165) is 22.4 Å². The Kier molecular flexibility index (Phi) is 5.76. The SMILES string of the molecule is COc1ccc([N+](=O)[O-])cc1NNC1c2ccccc2C(Cc2ccncc2)=NN1C. The van der Waals surface area contributed by atoms with Gasteiger partial charge in [-0.15, -0.1) is 0 Å². The molecule has 0 fully saturated rings. The minimum absolute atomic E-state index is 0.0276. The van der Waals surface area contributed by atoms with Gasteiger partial charge in [-0.2, -0.15) is 5.10 Å². The van der Waals surface area contributed by atoms with Crippen LogP contribution in [0.4, 0.5) is 11.4 Å². The third kappa shape index (κ3) is 4.31. The number of aromatic nitrogens is 1. The Hall–Kier alpha value is -3.98. The molecule has 1 aromatic heterocycles. The van der Waals surface area contributed by atoms with Crippen molar-refractivity contribution in [1.29, 1.82) is 0 Å². The van der Waals surface area contributed by atoms with Crippen molar-refractivity contribution in [3.63, 3.8) is 0 Å². The monoisotopic (exact) mass is 418 g/mol. The van der Waals surface area contributed by atoms with Crippen LogP contribution in [0.3, 0.4) is 0 Å². The molecule has 0 bridgehead atoms. The first-order chi connectivity index (χ1) is 15.1. The van der Waals surface area contributed by atoms with Gasteiger partial charge in [-0.25, -0.2) is 5.43 Å². The molecule has 0 amide bonds. The number of hydrogen-bond donors (Lipinski definition) is 2. The molecule has 0 saturated heterocycles. The van der Waals surface area contributed by atoms with Crippen molar-refractivity contribution < 1.29 is 9.66 Å². The van der Waals surface area contributed by atoms with E-state index < -0.39 is 4.92 Å². The summed E-state index contributed by atoms with van der Waals surface area (Å²) >= 11 is 0.